The van der Waals surface area contributed by atoms with Crippen LogP contribution in [0.2, 0.25) is 0 Å². The number of rotatable bonds is 4. The Kier molecular flexibility index (Phi) is 14.1. The van der Waals surface area contributed by atoms with Crippen LogP contribution in [0.5, 0.6) is 0 Å². The summed E-state index contributed by atoms with van der Waals surface area (Å²) < 4.78 is 1.80. The molecule has 0 saturated heterocycles. The van der Waals surface area contributed by atoms with E-state index in [9.17, 15) is 0 Å². The average Bonchev–Trinajstić information content (AvgIpc) is 3.67. The summed E-state index contributed by atoms with van der Waals surface area (Å²) in [6.45, 7) is 0. The molecule has 0 amide bonds. The molecule has 0 aromatic heterocycles. The molecule has 2 aliphatic rings. The van der Waals surface area contributed by atoms with Crippen molar-refractivity contribution in [2.45, 2.75) is 51.4 Å². The van der Waals surface area contributed by atoms with Crippen LogP contribution in [0.1, 0.15) is 65.5 Å². The molecular formula is C38H36Cl2Zr-2. The van der Waals surface area contributed by atoms with Crippen LogP contribution in [0, 0.1) is 6.07 Å². The smallest absolute Gasteiger partial charge is 0.00259 e. The SMILES string of the molecule is [Cl-].[Cl-].[Zr+2]=[C]1CCCCC1.[c-]1cc(Cc2ccccc2)cc2c1Cc1ccc(Cc3ccccc3)cc1-2.c1cc[cH-]c1. The van der Waals surface area contributed by atoms with Gasteiger partial charge in [-0.05, 0) is 30.4 Å². The predicted molar refractivity (Wildman–Crippen MR) is 162 cm³/mol. The zero-order valence-electron chi connectivity index (χ0n) is 23.5. The van der Waals surface area contributed by atoms with E-state index in [1.165, 1.54) is 76.6 Å². The Bertz CT molecular complexity index is 1340. The Labute approximate surface area is 273 Å². The minimum atomic E-state index is 0. The summed E-state index contributed by atoms with van der Waals surface area (Å²) in [4.78, 5) is 0. The number of halogens is 2. The van der Waals surface area contributed by atoms with Crippen molar-refractivity contribution in [2.75, 3.05) is 0 Å². The number of benzene rings is 4. The molecule has 3 heteroatoms. The summed E-state index contributed by atoms with van der Waals surface area (Å²) in [7, 11) is 0. The van der Waals surface area contributed by atoms with Gasteiger partial charge in [0.15, 0.2) is 0 Å². The van der Waals surface area contributed by atoms with Crippen molar-refractivity contribution >= 4 is 3.21 Å². The van der Waals surface area contributed by atoms with Gasteiger partial charge in [-0.15, -0.1) is 5.56 Å². The molecule has 5 aromatic carbocycles. The van der Waals surface area contributed by atoms with E-state index in [1.54, 1.807) is 27.4 Å². The molecule has 208 valence electrons. The molecule has 0 atom stereocenters. The molecule has 0 nitrogen and oxygen atoms in total. The maximum absolute atomic E-state index is 3.55. The minimum absolute atomic E-state index is 0. The van der Waals surface area contributed by atoms with Crippen LogP contribution in [0.25, 0.3) is 11.1 Å². The van der Waals surface area contributed by atoms with Crippen LogP contribution in [0.4, 0.5) is 0 Å². The normalized spacial score (nSPS) is 12.7. The molecule has 1 saturated carbocycles. The second-order valence-electron chi connectivity index (χ2n) is 10.5. The van der Waals surface area contributed by atoms with Gasteiger partial charge in [0.25, 0.3) is 0 Å². The summed E-state index contributed by atoms with van der Waals surface area (Å²) in [6, 6.07) is 46.4. The molecule has 0 heterocycles. The van der Waals surface area contributed by atoms with Crippen LogP contribution in [-0.4, -0.2) is 3.21 Å². The summed E-state index contributed by atoms with van der Waals surface area (Å²) >= 11 is 1.69. The summed E-state index contributed by atoms with van der Waals surface area (Å²) in [5.41, 5.74) is 10.9. The summed E-state index contributed by atoms with van der Waals surface area (Å²) in [6.07, 6.45) is 10.3. The molecule has 1 fully saturated rings. The van der Waals surface area contributed by atoms with Crippen LogP contribution in [0.3, 0.4) is 0 Å². The fraction of sp³-hybridized carbons (Fsp3) is 0.211. The second kappa shape index (κ2) is 17.5. The first kappa shape index (κ1) is 33.1. The Morgan fingerprint density at radius 3 is 1.73 bits per heavy atom. The number of fused-ring (bicyclic) bond motifs is 3. The Morgan fingerprint density at radius 2 is 1.20 bits per heavy atom. The van der Waals surface area contributed by atoms with Crippen molar-refractivity contribution in [2.24, 2.45) is 0 Å². The summed E-state index contributed by atoms with van der Waals surface area (Å²) in [5.74, 6) is 0. The second-order valence-corrected chi connectivity index (χ2v) is 12.3. The first-order valence-electron chi connectivity index (χ1n) is 14.2. The van der Waals surface area contributed by atoms with Gasteiger partial charge in [-0.1, -0.05) is 95.6 Å². The monoisotopic (exact) mass is 652 g/mol. The molecule has 0 aliphatic heterocycles. The third kappa shape index (κ3) is 10.1. The van der Waals surface area contributed by atoms with Gasteiger partial charge in [-0.2, -0.15) is 47.5 Å². The van der Waals surface area contributed by atoms with Gasteiger partial charge in [-0.3, -0.25) is 0 Å². The van der Waals surface area contributed by atoms with Crippen LogP contribution >= 0.6 is 0 Å². The molecule has 5 aromatic rings. The standard InChI is InChI=1S/C27H21.C6H10.C5H5.2ClH.Zr/c1-3-7-20(8-4-1)15-22-11-13-24-19-25-14-12-23(18-27(25)26(24)17-22)16-21-9-5-2-6-10-21;1-2-4-6-5-3-1;1-2-4-5-3-1;;;/h1-13,17-18H,15-16,19H2;1-5H2;1-5H;2*1H;/q-1;;-1;;;+2/p-2. The van der Waals surface area contributed by atoms with E-state index >= 15 is 0 Å². The van der Waals surface area contributed by atoms with Gasteiger partial charge in [-0.25, -0.2) is 12.1 Å². The average molecular weight is 655 g/mol. The van der Waals surface area contributed by atoms with Crippen molar-refractivity contribution in [3.8, 4) is 11.1 Å². The van der Waals surface area contributed by atoms with E-state index in [1.807, 2.05) is 30.3 Å². The number of hydrogen-bond donors (Lipinski definition) is 0. The van der Waals surface area contributed by atoms with E-state index in [0.717, 1.165) is 19.3 Å². The predicted octanol–water partition coefficient (Wildman–Crippen LogP) is 3.32. The summed E-state index contributed by atoms with van der Waals surface area (Å²) in [5, 5.41) is 0. The topological polar surface area (TPSA) is 0 Å². The molecule has 2 aliphatic carbocycles. The molecule has 7 rings (SSSR count). The van der Waals surface area contributed by atoms with Gasteiger partial charge < -0.3 is 24.8 Å². The molecule has 41 heavy (non-hydrogen) atoms. The quantitative estimate of drug-likeness (QED) is 0.256. The van der Waals surface area contributed by atoms with E-state index in [0.29, 0.717) is 0 Å². The molecular weight excluding hydrogens is 619 g/mol. The van der Waals surface area contributed by atoms with E-state index in [-0.39, 0.29) is 24.8 Å². The van der Waals surface area contributed by atoms with E-state index in [2.05, 4.69) is 97.1 Å². The first-order chi connectivity index (χ1) is 19.2. The van der Waals surface area contributed by atoms with Gasteiger partial charge in [0.2, 0.25) is 0 Å². The molecule has 0 radical (unpaired) electrons. The third-order valence-electron chi connectivity index (χ3n) is 7.43. The zero-order chi connectivity index (χ0) is 26.7. The zero-order valence-corrected chi connectivity index (χ0v) is 27.4. The van der Waals surface area contributed by atoms with E-state index in [4.69, 9.17) is 0 Å². The van der Waals surface area contributed by atoms with Crippen molar-refractivity contribution in [1.82, 2.24) is 0 Å². The minimum Gasteiger partial charge on any atom is -0.214 e. The molecule has 0 N–H and O–H groups in total. The Hall–Kier alpha value is -2.44. The largest absolute Gasteiger partial charge is 0.214 e. The van der Waals surface area contributed by atoms with Crippen molar-refractivity contribution < 1.29 is 49.0 Å². The van der Waals surface area contributed by atoms with Crippen molar-refractivity contribution in [3.05, 3.63) is 161 Å². The first-order valence-corrected chi connectivity index (χ1v) is 15.4. The molecule has 0 unspecified atom stereocenters. The fourth-order valence-corrected chi connectivity index (χ4v) is 6.22. The van der Waals surface area contributed by atoms with Crippen LogP contribution < -0.4 is 24.8 Å². The van der Waals surface area contributed by atoms with E-state index < -0.39 is 0 Å². The van der Waals surface area contributed by atoms with Crippen LogP contribution in [-0.2, 0) is 43.5 Å². The maximum atomic E-state index is 3.55. The van der Waals surface area contributed by atoms with Crippen molar-refractivity contribution in [3.63, 3.8) is 0 Å². The third-order valence-corrected chi connectivity index (χ3v) is 8.66. The fourth-order valence-electron chi connectivity index (χ4n) is 5.35. The van der Waals surface area contributed by atoms with Crippen LogP contribution in [0.15, 0.2) is 121 Å². The van der Waals surface area contributed by atoms with Gasteiger partial charge >= 0.3 is 59.5 Å². The number of hydrogen-bond acceptors (Lipinski definition) is 0. The van der Waals surface area contributed by atoms with Crippen molar-refractivity contribution in [1.29, 1.82) is 0 Å². The Balaban J connectivity index is 0.000000275. The van der Waals surface area contributed by atoms with Gasteiger partial charge in [0.1, 0.15) is 0 Å². The van der Waals surface area contributed by atoms with Gasteiger partial charge in [0.05, 0.1) is 0 Å². The Morgan fingerprint density at radius 1 is 0.610 bits per heavy atom. The maximum Gasteiger partial charge on any atom is -0.00259 e. The molecule has 0 bridgehead atoms. The van der Waals surface area contributed by atoms with Gasteiger partial charge in [0, 0.05) is 0 Å². The molecule has 0 spiro atoms.